The Balaban J connectivity index is 0.000000303. The maximum Gasteiger partial charge on any atom is 0.306 e. The summed E-state index contributed by atoms with van der Waals surface area (Å²) in [5.74, 6) is 1.95. The number of rotatable bonds is 21. The van der Waals surface area contributed by atoms with Crippen molar-refractivity contribution in [3.8, 4) is 0 Å². The first-order chi connectivity index (χ1) is 31.6. The van der Waals surface area contributed by atoms with E-state index >= 15 is 0 Å². The Kier molecular flexibility index (Phi) is 32.3. The van der Waals surface area contributed by atoms with E-state index in [-0.39, 0.29) is 26.3 Å². The maximum absolute atomic E-state index is 11.4. The average molecular weight is 1070 g/mol. The number of nitrogens with zero attached hydrogens (tertiary/aromatic N) is 3. The fourth-order valence-electron chi connectivity index (χ4n) is 9.00. The molecule has 14 heteroatoms. The van der Waals surface area contributed by atoms with Crippen LogP contribution >= 0.6 is 34.0 Å². The van der Waals surface area contributed by atoms with Crippen LogP contribution in [0.4, 0.5) is 0 Å². The van der Waals surface area contributed by atoms with Crippen LogP contribution in [0.1, 0.15) is 186 Å². The fourth-order valence-corrected chi connectivity index (χ4v) is 29.7. The predicted octanol–water partition coefficient (Wildman–Crippen LogP) is 14.2. The molecule has 1 saturated carbocycles. The van der Waals surface area contributed by atoms with Crippen molar-refractivity contribution in [1.29, 1.82) is 0 Å². The molecule has 2 unspecified atom stereocenters. The predicted molar refractivity (Wildman–Crippen MR) is 281 cm³/mol. The van der Waals surface area contributed by atoms with Gasteiger partial charge in [-0.3, -0.25) is 14.4 Å². The number of allylic oxidation sites excluding steroid dienone is 4. The molecule has 3 aromatic rings. The molecule has 3 aliphatic rings. The van der Waals surface area contributed by atoms with Gasteiger partial charge in [-0.15, -0.1) is 22.7 Å². The summed E-state index contributed by atoms with van der Waals surface area (Å²) in [6, 6.07) is 0. The second-order valence-corrected chi connectivity index (χ2v) is 34.6. The van der Waals surface area contributed by atoms with Gasteiger partial charge in [0.25, 0.3) is 0 Å². The second kappa shape index (κ2) is 35.7. The monoisotopic (exact) mass is 1070 g/mol. The van der Waals surface area contributed by atoms with Gasteiger partial charge in [-0.1, -0.05) is 17.7 Å². The van der Waals surface area contributed by atoms with E-state index in [4.69, 9.17) is 19.2 Å². The normalized spacial score (nSPS) is 19.1. The van der Waals surface area contributed by atoms with E-state index in [1.807, 2.05) is 61.5 Å². The van der Waals surface area contributed by atoms with Gasteiger partial charge in [0.1, 0.15) is 5.01 Å². The van der Waals surface area contributed by atoms with Crippen molar-refractivity contribution in [3.63, 3.8) is 0 Å². The molecule has 3 heterocycles. The molecule has 6 rings (SSSR count). The summed E-state index contributed by atoms with van der Waals surface area (Å²) in [4.78, 5) is 47.4. The molecule has 0 N–H and O–H groups in total. The summed E-state index contributed by atoms with van der Waals surface area (Å²) < 4.78 is 21.1. The minimum atomic E-state index is -2.12. The first-order valence-electron chi connectivity index (χ1n) is 25.1. The van der Waals surface area contributed by atoms with Crippen LogP contribution < -0.4 is 3.02 Å². The van der Waals surface area contributed by atoms with Crippen molar-refractivity contribution in [2.45, 2.75) is 190 Å². The molecule has 0 aromatic carbocycles. The number of unbranched alkanes of at least 4 members (excludes halogenated alkanes) is 3. The van der Waals surface area contributed by atoms with E-state index in [1.54, 1.807) is 39.0 Å². The average Bonchev–Trinajstić information content (AvgIpc) is 4.15. The molecule has 0 saturated heterocycles. The van der Waals surface area contributed by atoms with E-state index in [0.717, 1.165) is 69.2 Å². The molecule has 2 atom stereocenters. The van der Waals surface area contributed by atoms with Gasteiger partial charge in [-0.05, 0) is 115 Å². The number of hydrogen-bond donors (Lipinski definition) is 0. The topological polar surface area (TPSA) is 118 Å². The number of thiazole rings is 3. The van der Waals surface area contributed by atoms with Gasteiger partial charge >= 0.3 is 140 Å². The van der Waals surface area contributed by atoms with Crippen LogP contribution in [-0.2, 0) is 28.6 Å². The molecule has 3 aliphatic carbocycles. The van der Waals surface area contributed by atoms with Crippen LogP contribution in [0, 0.1) is 17.8 Å². The van der Waals surface area contributed by atoms with Gasteiger partial charge in [0, 0.05) is 56.7 Å². The zero-order valence-corrected chi connectivity index (χ0v) is 47.0. The zero-order valence-electron chi connectivity index (χ0n) is 41.7. The summed E-state index contributed by atoms with van der Waals surface area (Å²) in [7, 11) is 0. The third kappa shape index (κ3) is 23.3. The van der Waals surface area contributed by atoms with E-state index in [9.17, 15) is 14.4 Å². The van der Waals surface area contributed by atoms with Crippen molar-refractivity contribution in [3.05, 3.63) is 62.5 Å². The van der Waals surface area contributed by atoms with Gasteiger partial charge in [0.05, 0.1) is 24.8 Å². The van der Waals surface area contributed by atoms with Crippen LogP contribution in [0.3, 0.4) is 0 Å². The first-order valence-corrected chi connectivity index (χ1v) is 35.2. The molecule has 0 amide bonds. The molecule has 3 radical (unpaired) electrons. The van der Waals surface area contributed by atoms with Crippen molar-refractivity contribution in [1.82, 2.24) is 15.0 Å². The Labute approximate surface area is 417 Å². The fraction of sp³-hybridized carbons (Fsp3) is 0.692. The third-order valence-electron chi connectivity index (χ3n) is 12.8. The molecule has 0 bridgehead atoms. The van der Waals surface area contributed by atoms with Crippen LogP contribution in [0.2, 0.25) is 13.3 Å². The molecule has 1 fully saturated rings. The van der Waals surface area contributed by atoms with E-state index < -0.39 is 18.4 Å². The Bertz CT molecular complexity index is 1740. The first kappa shape index (κ1) is 59.8. The third-order valence-corrected chi connectivity index (χ3v) is 33.3. The number of carbonyl (C=O) groups excluding carboxylic acids is 3. The van der Waals surface area contributed by atoms with Crippen molar-refractivity contribution in [2.75, 3.05) is 19.8 Å². The van der Waals surface area contributed by atoms with Gasteiger partial charge in [0.15, 0.2) is 0 Å². The molecule has 0 aliphatic heterocycles. The van der Waals surface area contributed by atoms with Gasteiger partial charge in [-0.25, -0.2) is 9.97 Å². The summed E-state index contributed by atoms with van der Waals surface area (Å²) in [5.41, 5.74) is 2.79. The maximum atomic E-state index is 11.4. The van der Waals surface area contributed by atoms with Crippen molar-refractivity contribution >= 4 is 87.3 Å². The Morgan fingerprint density at radius 1 is 0.591 bits per heavy atom. The number of hydrogen-bond acceptors (Lipinski definition) is 12. The van der Waals surface area contributed by atoms with Crippen LogP contribution in [-0.4, -0.2) is 79.5 Å². The van der Waals surface area contributed by atoms with Crippen LogP contribution in [0.15, 0.2) is 52.5 Å². The van der Waals surface area contributed by atoms with Crippen LogP contribution in [0.5, 0.6) is 0 Å². The quantitative estimate of drug-likeness (QED) is 0.0445. The second-order valence-electron chi connectivity index (χ2n) is 17.9. The zero-order chi connectivity index (χ0) is 47.1. The minimum absolute atomic E-state index is 0. The van der Waals surface area contributed by atoms with Gasteiger partial charge in [0.2, 0.25) is 0 Å². The molecular weight excluding hydrogens is 988 g/mol. The van der Waals surface area contributed by atoms with E-state index in [2.05, 4.69) is 55.2 Å². The van der Waals surface area contributed by atoms with Gasteiger partial charge in [-0.2, -0.15) is 0 Å². The van der Waals surface area contributed by atoms with Crippen molar-refractivity contribution < 1.29 is 28.6 Å². The smallest absolute Gasteiger partial charge is 0.306 e. The Morgan fingerprint density at radius 2 is 1.08 bits per heavy atom. The summed E-state index contributed by atoms with van der Waals surface area (Å²) in [5, 5.41) is 8.63. The molecule has 367 valence electrons. The Hall–Kier alpha value is -2.36. The van der Waals surface area contributed by atoms with E-state index in [0.29, 0.717) is 62.8 Å². The number of carbonyl (C=O) groups is 3. The minimum Gasteiger partial charge on any atom is -0.466 e. The molecule has 66 heavy (non-hydrogen) atoms. The Morgan fingerprint density at radius 3 is 1.48 bits per heavy atom. The molecular formula is C52H83BN3O6S3Sn. The molecule has 0 spiro atoms. The summed E-state index contributed by atoms with van der Waals surface area (Å²) >= 11 is 3.27. The van der Waals surface area contributed by atoms with Gasteiger partial charge < -0.3 is 14.2 Å². The van der Waals surface area contributed by atoms with Crippen LogP contribution in [0.25, 0.3) is 5.57 Å². The van der Waals surface area contributed by atoms with E-state index in [1.165, 1.54) is 54.7 Å². The molecule has 9 nitrogen and oxygen atoms in total. The summed E-state index contributed by atoms with van der Waals surface area (Å²) in [6.45, 7) is 16.2. The summed E-state index contributed by atoms with van der Waals surface area (Å²) in [6.07, 6.45) is 31.3. The number of esters is 3. The largest absolute Gasteiger partial charge is 0.466 e. The standard InChI is InChI=1S/C13H19NO2S.C13H17NO2S.C11H18O2.3C4H9.C3H2NS.B.Sn/c2*1-2-16-12(15)9-10-3-5-11(6-4-10)13-14-7-8-17-13;1-3-13-11(12)8-10-6-4-9(2)5-7-10;3*1-3-4-2;1-2-5-3-4-1;;/h7-8,10-11H,2-6,9H2,1H3;5,7-8,10H,2-4,6,9H2,1H3;4,10H,3,5-8H2,1-2H3;3*1,3-4H2,2H3;1-2H;;. The number of ether oxygens (including phenoxy) is 3. The van der Waals surface area contributed by atoms with Crippen molar-refractivity contribution in [2.24, 2.45) is 17.8 Å². The number of aromatic nitrogens is 3. The molecule has 3 aromatic heterocycles. The SMILES string of the molecule is CCC[CH2][Sn]([CH2]CCC)([CH2]CCC)[c]1nccs1.CCOC(=O)CC1CC=C(C)CC1.CCOC(=O)CC1CC=C(c2nccs2)CC1.CCOC(=O)CC1CCC(c2nccs2)CC1.[B].